The number of fused-ring (bicyclic) bond motifs is 3. The van der Waals surface area contributed by atoms with Crippen molar-refractivity contribution in [1.82, 2.24) is 0 Å². The van der Waals surface area contributed by atoms with Gasteiger partial charge in [0.2, 0.25) is 0 Å². The summed E-state index contributed by atoms with van der Waals surface area (Å²) < 4.78 is 0. The van der Waals surface area contributed by atoms with Gasteiger partial charge in [-0.1, -0.05) is 31.3 Å². The molecule has 3 atom stereocenters. The Morgan fingerprint density at radius 2 is 2.12 bits per heavy atom. The van der Waals surface area contributed by atoms with Crippen molar-refractivity contribution in [2.45, 2.75) is 31.3 Å². The third-order valence-electron chi connectivity index (χ3n) is 3.61. The fourth-order valence-corrected chi connectivity index (χ4v) is 2.91. The van der Waals surface area contributed by atoms with Gasteiger partial charge in [-0.2, -0.15) is 0 Å². The van der Waals surface area contributed by atoms with Crippen LogP contribution in [0, 0.1) is 11.8 Å². The van der Waals surface area contributed by atoms with Crippen LogP contribution >= 0.6 is 0 Å². The summed E-state index contributed by atoms with van der Waals surface area (Å²) in [5.41, 5.74) is 0. The van der Waals surface area contributed by atoms with Crippen molar-refractivity contribution in [3.8, 4) is 0 Å². The Kier molecular flexibility index (Phi) is 0.500. The maximum atomic E-state index is 1.62. The fraction of sp³-hybridized carbons (Fsp3) is 1.00. The van der Waals surface area contributed by atoms with E-state index in [-0.39, 0.29) is 0 Å². The van der Waals surface area contributed by atoms with E-state index in [0.717, 1.165) is 0 Å². The SMILES string of the molecule is C1CC2C1CB1CC12. The summed E-state index contributed by atoms with van der Waals surface area (Å²) in [6.45, 7) is 1.23. The Hall–Kier alpha value is 0.0649. The van der Waals surface area contributed by atoms with Crippen molar-refractivity contribution < 1.29 is 0 Å². The summed E-state index contributed by atoms with van der Waals surface area (Å²) in [5.74, 6) is 3.70. The van der Waals surface area contributed by atoms with Gasteiger partial charge < -0.3 is 0 Å². The van der Waals surface area contributed by atoms with E-state index in [9.17, 15) is 0 Å². The first-order valence-corrected chi connectivity index (χ1v) is 3.95. The van der Waals surface area contributed by atoms with Gasteiger partial charge >= 0.3 is 0 Å². The predicted octanol–water partition coefficient (Wildman–Crippen LogP) is 1.90. The van der Waals surface area contributed by atoms with Crippen molar-refractivity contribution in [1.29, 1.82) is 0 Å². The zero-order valence-corrected chi connectivity index (χ0v) is 5.14. The number of rotatable bonds is 0. The molecule has 0 spiro atoms. The van der Waals surface area contributed by atoms with E-state index < -0.39 is 0 Å². The largest absolute Gasteiger partial charge is 0.142 e. The van der Waals surface area contributed by atoms with E-state index >= 15 is 0 Å². The van der Waals surface area contributed by atoms with Crippen molar-refractivity contribution in [2.24, 2.45) is 11.8 Å². The lowest BCUT2D eigenvalue weighted by Crippen LogP contribution is -2.20. The highest BCUT2D eigenvalue weighted by atomic mass is 14.5. The summed E-state index contributed by atoms with van der Waals surface area (Å²) in [4.78, 5) is 0. The molecule has 42 valence electrons. The summed E-state index contributed by atoms with van der Waals surface area (Å²) in [7, 11) is 0. The molecule has 0 bridgehead atoms. The Bertz CT molecular complexity index is 128. The normalized spacial score (nSPS) is 57.0. The lowest BCUT2D eigenvalue weighted by atomic mass is 9.65. The molecule has 0 N–H and O–H groups in total. The van der Waals surface area contributed by atoms with Gasteiger partial charge in [0.1, 0.15) is 6.71 Å². The van der Waals surface area contributed by atoms with E-state index in [0.29, 0.717) is 0 Å². The van der Waals surface area contributed by atoms with Crippen LogP contribution in [0.2, 0.25) is 18.5 Å². The molecule has 3 rings (SSSR count). The molecule has 3 aliphatic rings. The molecule has 2 aliphatic heterocycles. The van der Waals surface area contributed by atoms with Crippen LogP contribution in [-0.2, 0) is 0 Å². The first-order chi connectivity index (χ1) is 3.95. The van der Waals surface area contributed by atoms with Crippen LogP contribution in [0.5, 0.6) is 0 Å². The second-order valence-electron chi connectivity index (χ2n) is 3.90. The van der Waals surface area contributed by atoms with Crippen LogP contribution in [0.1, 0.15) is 12.8 Å². The van der Waals surface area contributed by atoms with Crippen LogP contribution in [0.25, 0.3) is 0 Å². The highest BCUT2D eigenvalue weighted by Crippen LogP contribution is 2.65. The minimum absolute atomic E-state index is 1.22. The van der Waals surface area contributed by atoms with Gasteiger partial charge in [-0.05, 0) is 11.8 Å². The van der Waals surface area contributed by atoms with Crippen molar-refractivity contribution in [2.75, 3.05) is 0 Å². The summed E-state index contributed by atoms with van der Waals surface area (Å²) >= 11 is 0. The lowest BCUT2D eigenvalue weighted by Gasteiger charge is -2.33. The van der Waals surface area contributed by atoms with Crippen LogP contribution in [0.3, 0.4) is 0 Å². The molecule has 0 radical (unpaired) electrons. The second-order valence-corrected chi connectivity index (χ2v) is 3.90. The molecule has 1 aliphatic carbocycles. The Labute approximate surface area is 50.7 Å². The fourth-order valence-electron chi connectivity index (χ4n) is 2.91. The molecule has 3 unspecified atom stereocenters. The minimum atomic E-state index is 1.22. The van der Waals surface area contributed by atoms with Gasteiger partial charge in [0.25, 0.3) is 0 Å². The van der Waals surface area contributed by atoms with Gasteiger partial charge in [-0.3, -0.25) is 0 Å². The highest BCUT2D eigenvalue weighted by Gasteiger charge is 2.58. The molecular formula is C7H11B. The molecule has 0 aromatic rings. The average Bonchev–Trinajstić information content (AvgIpc) is 2.34. The maximum absolute atomic E-state index is 1.62. The van der Waals surface area contributed by atoms with Crippen LogP contribution in [0.15, 0.2) is 0 Å². The molecule has 0 amide bonds. The molecule has 1 heteroatoms. The van der Waals surface area contributed by atoms with Gasteiger partial charge in [0.15, 0.2) is 0 Å². The molecule has 0 aromatic heterocycles. The predicted molar refractivity (Wildman–Crippen MR) is 35.3 cm³/mol. The van der Waals surface area contributed by atoms with E-state index in [2.05, 4.69) is 0 Å². The summed E-state index contributed by atoms with van der Waals surface area (Å²) in [5, 5.41) is 0. The molecule has 8 heavy (non-hydrogen) atoms. The minimum Gasteiger partial charge on any atom is -0.0773 e. The lowest BCUT2D eigenvalue weighted by molar-refractivity contribution is 0.215. The van der Waals surface area contributed by atoms with Crippen molar-refractivity contribution in [3.63, 3.8) is 0 Å². The van der Waals surface area contributed by atoms with Crippen LogP contribution in [0.4, 0.5) is 0 Å². The maximum Gasteiger partial charge on any atom is 0.142 e. The zero-order chi connectivity index (χ0) is 5.14. The first kappa shape index (κ1) is 3.97. The van der Waals surface area contributed by atoms with Crippen LogP contribution in [-0.4, -0.2) is 6.71 Å². The average molecular weight is 106 g/mol. The third kappa shape index (κ3) is 0.292. The Morgan fingerprint density at radius 1 is 1.12 bits per heavy atom. The van der Waals surface area contributed by atoms with Gasteiger partial charge in [0, 0.05) is 0 Å². The topological polar surface area (TPSA) is 0 Å². The van der Waals surface area contributed by atoms with Gasteiger partial charge in [0.05, 0.1) is 0 Å². The second kappa shape index (κ2) is 1.01. The first-order valence-electron chi connectivity index (χ1n) is 3.95. The molecule has 0 nitrogen and oxygen atoms in total. The Balaban J connectivity index is 1.92. The monoisotopic (exact) mass is 106 g/mol. The van der Waals surface area contributed by atoms with Crippen molar-refractivity contribution in [3.05, 3.63) is 0 Å². The Morgan fingerprint density at radius 3 is 2.50 bits per heavy atom. The van der Waals surface area contributed by atoms with Gasteiger partial charge in [-0.15, -0.1) is 0 Å². The summed E-state index contributed by atoms with van der Waals surface area (Å²) in [6, 6.07) is 0. The van der Waals surface area contributed by atoms with E-state index in [1.54, 1.807) is 25.5 Å². The molecule has 2 saturated heterocycles. The molecule has 3 fully saturated rings. The van der Waals surface area contributed by atoms with Gasteiger partial charge in [-0.25, -0.2) is 0 Å². The molecular weight excluding hydrogens is 94.9 g/mol. The van der Waals surface area contributed by atoms with E-state index in [4.69, 9.17) is 0 Å². The standard InChI is InChI=1S/C7H11B/c1-2-6-5(1)3-8-4-7(6)8/h5-7H,1-4H2. The summed E-state index contributed by atoms with van der Waals surface area (Å²) in [6.07, 6.45) is 6.40. The van der Waals surface area contributed by atoms with E-state index in [1.165, 1.54) is 24.4 Å². The quantitative estimate of drug-likeness (QED) is 0.413. The highest BCUT2D eigenvalue weighted by molar-refractivity contribution is 6.72. The molecule has 2 heterocycles. The smallest absolute Gasteiger partial charge is 0.0773 e. The number of hydrogen-bond acceptors (Lipinski definition) is 0. The third-order valence-corrected chi connectivity index (χ3v) is 3.61. The molecule has 0 aromatic carbocycles. The van der Waals surface area contributed by atoms with Crippen molar-refractivity contribution >= 4 is 6.71 Å². The van der Waals surface area contributed by atoms with E-state index in [1.807, 2.05) is 0 Å². The zero-order valence-electron chi connectivity index (χ0n) is 5.14. The number of hydrogen-bond donors (Lipinski definition) is 0. The van der Waals surface area contributed by atoms with Crippen LogP contribution < -0.4 is 0 Å². The molecule has 1 saturated carbocycles.